The molecule has 2 rings (SSSR count). The summed E-state index contributed by atoms with van der Waals surface area (Å²) >= 11 is 0. The number of nitrogens with zero attached hydrogens (tertiary/aromatic N) is 3. The lowest BCUT2D eigenvalue weighted by Crippen LogP contribution is -2.06. The smallest absolute Gasteiger partial charge is 0.303 e. The Morgan fingerprint density at radius 2 is 1.52 bits per heavy atom. The van der Waals surface area contributed by atoms with Gasteiger partial charge in [0.2, 0.25) is 0 Å². The minimum Gasteiger partial charge on any atom is -0.481 e. The van der Waals surface area contributed by atoms with Crippen LogP contribution in [0, 0.1) is 27.7 Å². The van der Waals surface area contributed by atoms with Crippen LogP contribution in [-0.4, -0.2) is 26.0 Å². The van der Waals surface area contributed by atoms with Gasteiger partial charge in [-0.05, 0) is 51.8 Å². The highest BCUT2D eigenvalue weighted by Gasteiger charge is 2.12. The van der Waals surface area contributed by atoms with Crippen molar-refractivity contribution in [1.82, 2.24) is 15.0 Å². The lowest BCUT2D eigenvalue weighted by Gasteiger charge is -2.11. The number of carbonyl (C=O) groups is 1. The molecule has 0 fully saturated rings. The fourth-order valence-corrected chi connectivity index (χ4v) is 2.43. The summed E-state index contributed by atoms with van der Waals surface area (Å²) in [4.78, 5) is 24.1. The Hall–Kier alpha value is -2.30. The molecular weight excluding hydrogens is 266 g/mol. The van der Waals surface area contributed by atoms with Crippen molar-refractivity contribution in [1.29, 1.82) is 0 Å². The van der Waals surface area contributed by atoms with Gasteiger partial charge in [0.25, 0.3) is 0 Å². The van der Waals surface area contributed by atoms with E-state index in [0.717, 1.165) is 33.9 Å². The first kappa shape index (κ1) is 15.1. The van der Waals surface area contributed by atoms with E-state index in [1.54, 1.807) is 0 Å². The molecule has 0 amide bonds. The Kier molecular flexibility index (Phi) is 4.31. The van der Waals surface area contributed by atoms with Gasteiger partial charge in [0.15, 0.2) is 5.82 Å². The summed E-state index contributed by atoms with van der Waals surface area (Å²) in [6, 6.07) is 3.91. The summed E-state index contributed by atoms with van der Waals surface area (Å²) < 4.78 is 0. The minimum atomic E-state index is -0.807. The highest BCUT2D eigenvalue weighted by atomic mass is 16.4. The van der Waals surface area contributed by atoms with E-state index in [1.807, 2.05) is 39.8 Å². The monoisotopic (exact) mass is 285 g/mol. The summed E-state index contributed by atoms with van der Waals surface area (Å²) in [5, 5.41) is 8.80. The van der Waals surface area contributed by atoms with Crippen LogP contribution >= 0.6 is 0 Å². The third-order valence-electron chi connectivity index (χ3n) is 3.35. The van der Waals surface area contributed by atoms with Crippen LogP contribution in [0.4, 0.5) is 0 Å². The lowest BCUT2D eigenvalue weighted by molar-refractivity contribution is -0.136. The molecule has 0 saturated carbocycles. The van der Waals surface area contributed by atoms with E-state index in [9.17, 15) is 4.79 Å². The maximum absolute atomic E-state index is 10.7. The van der Waals surface area contributed by atoms with Gasteiger partial charge in [0, 0.05) is 34.8 Å². The molecule has 21 heavy (non-hydrogen) atoms. The molecule has 110 valence electrons. The highest BCUT2D eigenvalue weighted by molar-refractivity contribution is 5.67. The van der Waals surface area contributed by atoms with Crippen LogP contribution in [0.25, 0.3) is 11.4 Å². The molecule has 0 spiro atoms. The van der Waals surface area contributed by atoms with E-state index in [4.69, 9.17) is 5.11 Å². The third kappa shape index (κ3) is 3.62. The zero-order valence-corrected chi connectivity index (χ0v) is 12.8. The molecule has 2 aromatic rings. The molecule has 0 saturated heterocycles. The standard InChI is InChI=1S/C16H19N3O2/c1-9-7-13(8-10(2)17-9)16-18-11(3)14(12(4)19-16)5-6-15(20)21/h7-8H,5-6H2,1-4H3,(H,20,21). The van der Waals surface area contributed by atoms with Gasteiger partial charge in [-0.3, -0.25) is 9.78 Å². The van der Waals surface area contributed by atoms with Crippen molar-refractivity contribution in [2.45, 2.75) is 40.5 Å². The van der Waals surface area contributed by atoms with Crippen molar-refractivity contribution in [3.05, 3.63) is 40.5 Å². The number of pyridine rings is 1. The molecule has 5 nitrogen and oxygen atoms in total. The Labute approximate surface area is 124 Å². The van der Waals surface area contributed by atoms with Crippen molar-refractivity contribution < 1.29 is 9.90 Å². The molecule has 2 heterocycles. The molecule has 1 N–H and O–H groups in total. The first-order valence-electron chi connectivity index (χ1n) is 6.88. The molecule has 2 aromatic heterocycles. The number of hydrogen-bond acceptors (Lipinski definition) is 4. The molecule has 0 aliphatic carbocycles. The van der Waals surface area contributed by atoms with Crippen LogP contribution in [0.1, 0.15) is 34.8 Å². The molecule has 0 atom stereocenters. The van der Waals surface area contributed by atoms with Crippen LogP contribution in [-0.2, 0) is 11.2 Å². The second-order valence-electron chi connectivity index (χ2n) is 5.23. The first-order chi connectivity index (χ1) is 9.86. The second-order valence-corrected chi connectivity index (χ2v) is 5.23. The highest BCUT2D eigenvalue weighted by Crippen LogP contribution is 2.21. The zero-order valence-electron chi connectivity index (χ0n) is 12.8. The van der Waals surface area contributed by atoms with Crippen LogP contribution in [0.2, 0.25) is 0 Å². The topological polar surface area (TPSA) is 76.0 Å². The third-order valence-corrected chi connectivity index (χ3v) is 3.35. The maximum Gasteiger partial charge on any atom is 0.303 e. The predicted octanol–water partition coefficient (Wildman–Crippen LogP) is 2.79. The van der Waals surface area contributed by atoms with Gasteiger partial charge in [-0.25, -0.2) is 9.97 Å². The number of aromatic nitrogens is 3. The minimum absolute atomic E-state index is 0.0951. The molecule has 0 unspecified atom stereocenters. The zero-order chi connectivity index (χ0) is 15.6. The van der Waals surface area contributed by atoms with E-state index >= 15 is 0 Å². The first-order valence-corrected chi connectivity index (χ1v) is 6.88. The number of aliphatic carboxylic acids is 1. The van der Waals surface area contributed by atoms with E-state index < -0.39 is 5.97 Å². The summed E-state index contributed by atoms with van der Waals surface area (Å²) in [6.45, 7) is 7.68. The van der Waals surface area contributed by atoms with E-state index in [0.29, 0.717) is 12.2 Å². The van der Waals surface area contributed by atoms with Crippen molar-refractivity contribution in [2.24, 2.45) is 0 Å². The van der Waals surface area contributed by atoms with Crippen LogP contribution in [0.15, 0.2) is 12.1 Å². The number of hydrogen-bond donors (Lipinski definition) is 1. The summed E-state index contributed by atoms with van der Waals surface area (Å²) in [7, 11) is 0. The van der Waals surface area contributed by atoms with Gasteiger partial charge in [-0.15, -0.1) is 0 Å². The van der Waals surface area contributed by atoms with Gasteiger partial charge < -0.3 is 5.11 Å². The summed E-state index contributed by atoms with van der Waals surface area (Å²) in [5.74, 6) is -0.143. The molecule has 5 heteroatoms. The number of rotatable bonds is 4. The van der Waals surface area contributed by atoms with Gasteiger partial charge in [-0.1, -0.05) is 0 Å². The average Bonchev–Trinajstić information content (AvgIpc) is 2.36. The Morgan fingerprint density at radius 1 is 1.00 bits per heavy atom. The van der Waals surface area contributed by atoms with Crippen LogP contribution in [0.3, 0.4) is 0 Å². The van der Waals surface area contributed by atoms with E-state index in [2.05, 4.69) is 15.0 Å². The second kappa shape index (κ2) is 5.99. The van der Waals surface area contributed by atoms with Gasteiger partial charge in [0.05, 0.1) is 0 Å². The van der Waals surface area contributed by atoms with Crippen molar-refractivity contribution >= 4 is 5.97 Å². The van der Waals surface area contributed by atoms with Gasteiger partial charge in [0.1, 0.15) is 0 Å². The number of aryl methyl sites for hydroxylation is 4. The van der Waals surface area contributed by atoms with Crippen molar-refractivity contribution in [3.8, 4) is 11.4 Å². The van der Waals surface area contributed by atoms with Crippen molar-refractivity contribution in [2.75, 3.05) is 0 Å². The SMILES string of the molecule is Cc1cc(-c2nc(C)c(CCC(=O)O)c(C)n2)cc(C)n1. The Bertz CT molecular complexity index is 653. The predicted molar refractivity (Wildman–Crippen MR) is 80.2 cm³/mol. The Morgan fingerprint density at radius 3 is 2.00 bits per heavy atom. The molecule has 0 radical (unpaired) electrons. The number of carboxylic acid groups (broad SMARTS) is 1. The quantitative estimate of drug-likeness (QED) is 0.934. The van der Waals surface area contributed by atoms with E-state index in [1.165, 1.54) is 0 Å². The molecule has 0 bridgehead atoms. The maximum atomic E-state index is 10.7. The van der Waals surface area contributed by atoms with Crippen LogP contribution < -0.4 is 0 Å². The fourth-order valence-electron chi connectivity index (χ4n) is 2.43. The van der Waals surface area contributed by atoms with Gasteiger partial charge in [-0.2, -0.15) is 0 Å². The van der Waals surface area contributed by atoms with E-state index in [-0.39, 0.29) is 6.42 Å². The molecule has 0 aromatic carbocycles. The largest absolute Gasteiger partial charge is 0.481 e. The Balaban J connectivity index is 2.41. The fraction of sp³-hybridized carbons (Fsp3) is 0.375. The molecule has 0 aliphatic heterocycles. The molecule has 0 aliphatic rings. The number of carboxylic acids is 1. The lowest BCUT2D eigenvalue weighted by atomic mass is 10.1. The normalized spacial score (nSPS) is 10.7. The average molecular weight is 285 g/mol. The van der Waals surface area contributed by atoms with Crippen molar-refractivity contribution in [3.63, 3.8) is 0 Å². The molecular formula is C16H19N3O2. The van der Waals surface area contributed by atoms with Gasteiger partial charge >= 0.3 is 5.97 Å². The van der Waals surface area contributed by atoms with Crippen LogP contribution in [0.5, 0.6) is 0 Å². The summed E-state index contributed by atoms with van der Waals surface area (Å²) in [6.07, 6.45) is 0.555. The summed E-state index contributed by atoms with van der Waals surface area (Å²) in [5.41, 5.74) is 5.40.